The van der Waals surface area contributed by atoms with Gasteiger partial charge < -0.3 is 19.3 Å². The van der Waals surface area contributed by atoms with Crippen LogP contribution in [0, 0.1) is 20.8 Å². The molecular formula is C25H25N5O4. The smallest absolute Gasteiger partial charge is 0.262 e. The Morgan fingerprint density at radius 1 is 1.06 bits per heavy atom. The summed E-state index contributed by atoms with van der Waals surface area (Å²) in [5.41, 5.74) is 3.89. The van der Waals surface area contributed by atoms with Crippen LogP contribution >= 0.6 is 0 Å². The molecule has 0 aliphatic carbocycles. The Morgan fingerprint density at radius 2 is 1.85 bits per heavy atom. The van der Waals surface area contributed by atoms with Crippen LogP contribution in [0.5, 0.6) is 17.4 Å². The molecule has 4 aromatic rings. The molecule has 0 saturated heterocycles. The molecule has 9 heteroatoms. The second kappa shape index (κ2) is 10.1. The number of amides is 1. The predicted molar refractivity (Wildman–Crippen MR) is 125 cm³/mol. The maximum atomic E-state index is 13.0. The summed E-state index contributed by atoms with van der Waals surface area (Å²) in [6.45, 7) is 5.66. The third-order valence-corrected chi connectivity index (χ3v) is 5.27. The molecule has 0 spiro atoms. The first-order chi connectivity index (χ1) is 16.4. The first-order valence-electron chi connectivity index (χ1n) is 10.8. The summed E-state index contributed by atoms with van der Waals surface area (Å²) in [5, 5.41) is 6.75. The number of para-hydroxylation sites is 1. The van der Waals surface area contributed by atoms with Crippen molar-refractivity contribution in [2.45, 2.75) is 33.6 Å². The van der Waals surface area contributed by atoms with Gasteiger partial charge >= 0.3 is 0 Å². The zero-order chi connectivity index (χ0) is 24.1. The summed E-state index contributed by atoms with van der Waals surface area (Å²) < 4.78 is 16.7. The van der Waals surface area contributed by atoms with Gasteiger partial charge in [0.15, 0.2) is 17.3 Å². The molecule has 0 aliphatic heterocycles. The summed E-state index contributed by atoms with van der Waals surface area (Å²) in [5.74, 6) is 1.90. The minimum atomic E-state index is -0.363. The standard InChI is InChI=1S/C25H25N5O4/c1-15-6-5-7-16(2)23(15)29-24(31)19-13-26-14-27-25(19)33-20-10-8-18(12-21(20)32-4)9-11-22-28-17(3)30-34-22/h5-8,10,12-14H,9,11H2,1-4H3,(H,29,31). The highest BCUT2D eigenvalue weighted by atomic mass is 16.5. The molecule has 0 unspecified atom stereocenters. The van der Waals surface area contributed by atoms with E-state index in [9.17, 15) is 4.79 Å². The third kappa shape index (κ3) is 5.20. The molecule has 2 heterocycles. The van der Waals surface area contributed by atoms with Gasteiger partial charge in [-0.3, -0.25) is 4.79 Å². The Labute approximate surface area is 197 Å². The minimum absolute atomic E-state index is 0.131. The van der Waals surface area contributed by atoms with Gasteiger partial charge in [-0.15, -0.1) is 0 Å². The van der Waals surface area contributed by atoms with Gasteiger partial charge in [-0.1, -0.05) is 29.4 Å². The fourth-order valence-electron chi connectivity index (χ4n) is 3.50. The van der Waals surface area contributed by atoms with Crippen LogP contribution in [0.4, 0.5) is 5.69 Å². The van der Waals surface area contributed by atoms with Crippen LogP contribution in [-0.2, 0) is 12.8 Å². The zero-order valence-electron chi connectivity index (χ0n) is 19.5. The second-order valence-corrected chi connectivity index (χ2v) is 7.79. The van der Waals surface area contributed by atoms with E-state index in [0.29, 0.717) is 36.1 Å². The molecule has 2 aromatic carbocycles. The van der Waals surface area contributed by atoms with E-state index in [1.807, 2.05) is 44.2 Å². The van der Waals surface area contributed by atoms with E-state index in [0.717, 1.165) is 22.4 Å². The number of aromatic nitrogens is 4. The van der Waals surface area contributed by atoms with Crippen molar-refractivity contribution in [2.24, 2.45) is 0 Å². The number of ether oxygens (including phenoxy) is 2. The van der Waals surface area contributed by atoms with Gasteiger partial charge in [0.25, 0.3) is 5.91 Å². The first kappa shape index (κ1) is 22.9. The van der Waals surface area contributed by atoms with Crippen molar-refractivity contribution in [2.75, 3.05) is 12.4 Å². The summed E-state index contributed by atoms with van der Waals surface area (Å²) in [6, 6.07) is 11.4. The molecule has 0 aliphatic rings. The van der Waals surface area contributed by atoms with Crippen LogP contribution in [-0.4, -0.2) is 33.1 Å². The summed E-state index contributed by atoms with van der Waals surface area (Å²) in [7, 11) is 1.56. The molecule has 2 aromatic heterocycles. The predicted octanol–water partition coefficient (Wildman–Crippen LogP) is 4.62. The minimum Gasteiger partial charge on any atom is -0.493 e. The molecule has 9 nitrogen and oxygen atoms in total. The Bertz CT molecular complexity index is 1300. The first-order valence-corrected chi connectivity index (χ1v) is 10.8. The van der Waals surface area contributed by atoms with Gasteiger partial charge in [0.05, 0.1) is 7.11 Å². The van der Waals surface area contributed by atoms with Crippen LogP contribution < -0.4 is 14.8 Å². The molecule has 0 saturated carbocycles. The number of hydrogen-bond donors (Lipinski definition) is 1. The van der Waals surface area contributed by atoms with E-state index in [1.54, 1.807) is 20.1 Å². The number of rotatable bonds is 8. The highest BCUT2D eigenvalue weighted by Crippen LogP contribution is 2.33. The van der Waals surface area contributed by atoms with Crippen molar-refractivity contribution >= 4 is 11.6 Å². The lowest BCUT2D eigenvalue weighted by Gasteiger charge is -2.15. The highest BCUT2D eigenvalue weighted by Gasteiger charge is 2.18. The number of nitrogens with zero attached hydrogens (tertiary/aromatic N) is 4. The average Bonchev–Trinajstić information content (AvgIpc) is 3.26. The molecule has 0 atom stereocenters. The Hall–Kier alpha value is -4.27. The number of hydrogen-bond acceptors (Lipinski definition) is 8. The van der Waals surface area contributed by atoms with Gasteiger partial charge in [0, 0.05) is 18.3 Å². The van der Waals surface area contributed by atoms with Crippen molar-refractivity contribution in [3.05, 3.63) is 82.9 Å². The topological polar surface area (TPSA) is 112 Å². The van der Waals surface area contributed by atoms with Gasteiger partial charge in [0.2, 0.25) is 11.8 Å². The molecular weight excluding hydrogens is 434 g/mol. The quantitative estimate of drug-likeness (QED) is 0.406. The van der Waals surface area contributed by atoms with E-state index in [2.05, 4.69) is 25.4 Å². The van der Waals surface area contributed by atoms with Gasteiger partial charge in [0.1, 0.15) is 11.9 Å². The monoisotopic (exact) mass is 459 g/mol. The van der Waals surface area contributed by atoms with Crippen LogP contribution in [0.15, 0.2) is 53.4 Å². The largest absolute Gasteiger partial charge is 0.493 e. The summed E-state index contributed by atoms with van der Waals surface area (Å²) in [4.78, 5) is 25.4. The molecule has 34 heavy (non-hydrogen) atoms. The van der Waals surface area contributed by atoms with Crippen LogP contribution in [0.3, 0.4) is 0 Å². The summed E-state index contributed by atoms with van der Waals surface area (Å²) >= 11 is 0. The number of carbonyl (C=O) groups is 1. The fraction of sp³-hybridized carbons (Fsp3) is 0.240. The van der Waals surface area contributed by atoms with E-state index in [4.69, 9.17) is 14.0 Å². The van der Waals surface area contributed by atoms with E-state index < -0.39 is 0 Å². The number of aryl methyl sites for hydroxylation is 5. The molecule has 1 N–H and O–H groups in total. The van der Waals surface area contributed by atoms with Crippen molar-refractivity contribution in [3.63, 3.8) is 0 Å². The van der Waals surface area contributed by atoms with Crippen molar-refractivity contribution in [1.29, 1.82) is 0 Å². The summed E-state index contributed by atoms with van der Waals surface area (Å²) in [6.07, 6.45) is 4.06. The molecule has 1 amide bonds. The lowest BCUT2D eigenvalue weighted by atomic mass is 10.1. The van der Waals surface area contributed by atoms with E-state index >= 15 is 0 Å². The van der Waals surface area contributed by atoms with Crippen LogP contribution in [0.25, 0.3) is 0 Å². The van der Waals surface area contributed by atoms with E-state index in [-0.39, 0.29) is 17.4 Å². The van der Waals surface area contributed by atoms with Crippen LogP contribution in [0.2, 0.25) is 0 Å². The zero-order valence-corrected chi connectivity index (χ0v) is 19.5. The molecule has 0 radical (unpaired) electrons. The third-order valence-electron chi connectivity index (χ3n) is 5.27. The SMILES string of the molecule is COc1cc(CCc2nc(C)no2)ccc1Oc1ncncc1C(=O)Nc1c(C)cccc1C. The maximum absolute atomic E-state index is 13.0. The van der Waals surface area contributed by atoms with Crippen molar-refractivity contribution in [1.82, 2.24) is 20.1 Å². The van der Waals surface area contributed by atoms with Crippen LogP contribution in [0.1, 0.15) is 38.8 Å². The Balaban J connectivity index is 1.53. The Morgan fingerprint density at radius 3 is 2.56 bits per heavy atom. The molecule has 0 bridgehead atoms. The lowest BCUT2D eigenvalue weighted by molar-refractivity contribution is 0.102. The lowest BCUT2D eigenvalue weighted by Crippen LogP contribution is -2.15. The molecule has 0 fully saturated rings. The second-order valence-electron chi connectivity index (χ2n) is 7.79. The highest BCUT2D eigenvalue weighted by molar-refractivity contribution is 6.06. The van der Waals surface area contributed by atoms with Gasteiger partial charge in [-0.05, 0) is 56.0 Å². The normalized spacial score (nSPS) is 10.7. The maximum Gasteiger partial charge on any atom is 0.262 e. The molecule has 174 valence electrons. The number of benzene rings is 2. The van der Waals surface area contributed by atoms with E-state index in [1.165, 1.54) is 12.5 Å². The van der Waals surface area contributed by atoms with Gasteiger partial charge in [-0.25, -0.2) is 9.97 Å². The molecule has 4 rings (SSSR count). The number of nitrogens with one attached hydrogen (secondary N) is 1. The fourth-order valence-corrected chi connectivity index (χ4v) is 3.50. The Kier molecular flexibility index (Phi) is 6.82. The average molecular weight is 460 g/mol. The number of methoxy groups -OCH3 is 1. The number of carbonyl (C=O) groups excluding carboxylic acids is 1. The van der Waals surface area contributed by atoms with Gasteiger partial charge in [-0.2, -0.15) is 4.98 Å². The van der Waals surface area contributed by atoms with Crippen molar-refractivity contribution in [3.8, 4) is 17.4 Å². The van der Waals surface area contributed by atoms with Crippen molar-refractivity contribution < 1.29 is 18.8 Å². The number of anilines is 1.